The van der Waals surface area contributed by atoms with Crippen LogP contribution < -0.4 is 10.1 Å². The quantitative estimate of drug-likeness (QED) is 0.643. The van der Waals surface area contributed by atoms with Crippen molar-refractivity contribution in [3.63, 3.8) is 0 Å². The van der Waals surface area contributed by atoms with Gasteiger partial charge in [0.2, 0.25) is 11.8 Å². The molecule has 1 saturated heterocycles. The predicted molar refractivity (Wildman–Crippen MR) is 98.2 cm³/mol. The first-order valence-electron chi connectivity index (χ1n) is 9.39. The molecule has 3 rings (SSSR count). The number of hydrogen-bond donors (Lipinski definition) is 2. The third-order valence-corrected chi connectivity index (χ3v) is 5.46. The van der Waals surface area contributed by atoms with Crippen molar-refractivity contribution >= 4 is 17.8 Å². The monoisotopic (exact) mass is 374 g/mol. The van der Waals surface area contributed by atoms with Crippen LogP contribution in [0.1, 0.15) is 39.0 Å². The minimum atomic E-state index is -0.971. The van der Waals surface area contributed by atoms with E-state index in [1.54, 1.807) is 0 Å². The van der Waals surface area contributed by atoms with Gasteiger partial charge in [0, 0.05) is 12.5 Å². The summed E-state index contributed by atoms with van der Waals surface area (Å²) in [6.45, 7) is 2.40. The molecule has 7 nitrogen and oxygen atoms in total. The van der Waals surface area contributed by atoms with Crippen molar-refractivity contribution in [1.29, 1.82) is 0 Å². The van der Waals surface area contributed by atoms with Crippen LogP contribution in [0.15, 0.2) is 30.3 Å². The highest BCUT2D eigenvalue weighted by Gasteiger charge is 2.64. The summed E-state index contributed by atoms with van der Waals surface area (Å²) in [5.74, 6) is -0.679. The zero-order chi connectivity index (χ0) is 19.4. The van der Waals surface area contributed by atoms with Gasteiger partial charge in [-0.1, -0.05) is 25.1 Å². The first kappa shape index (κ1) is 19.2. The summed E-state index contributed by atoms with van der Waals surface area (Å²) < 4.78 is 5.57. The number of rotatable bonds is 9. The molecule has 1 aromatic carbocycles. The summed E-state index contributed by atoms with van der Waals surface area (Å²) in [7, 11) is 0. The topological polar surface area (TPSA) is 95.9 Å². The Morgan fingerprint density at radius 3 is 2.67 bits per heavy atom. The molecule has 3 atom stereocenters. The molecule has 0 radical (unpaired) electrons. The molecule has 1 heterocycles. The third kappa shape index (κ3) is 4.59. The minimum Gasteiger partial charge on any atom is -0.494 e. The lowest BCUT2D eigenvalue weighted by Gasteiger charge is -2.24. The standard InChI is InChI=1S/C20H26N2O5/c1-20-11-15(19(25)26)22(16(20)12-20)18(24)13-21-17(23)9-5-6-10-27-14-7-3-2-4-8-14/h2-4,7-8,15-16H,5-6,9-13H2,1H3,(H,21,23)(H,25,26)/t15-,16-,20+/m0/s1. The van der Waals surface area contributed by atoms with Crippen molar-refractivity contribution in [2.45, 2.75) is 51.1 Å². The Balaban J connectivity index is 1.33. The van der Waals surface area contributed by atoms with Crippen molar-refractivity contribution in [3.05, 3.63) is 30.3 Å². The number of carbonyl (C=O) groups excluding carboxylic acids is 2. The fraction of sp³-hybridized carbons (Fsp3) is 0.550. The number of ether oxygens (including phenoxy) is 1. The van der Waals surface area contributed by atoms with Crippen LogP contribution in [0.2, 0.25) is 0 Å². The molecule has 0 unspecified atom stereocenters. The Bertz CT molecular complexity index is 708. The zero-order valence-corrected chi connectivity index (χ0v) is 15.5. The lowest BCUT2D eigenvalue weighted by Crippen LogP contribution is -2.47. The number of nitrogens with zero attached hydrogens (tertiary/aromatic N) is 1. The normalized spacial score (nSPS) is 25.6. The van der Waals surface area contributed by atoms with Gasteiger partial charge in [-0.25, -0.2) is 4.79 Å². The average Bonchev–Trinajstić information content (AvgIpc) is 3.21. The van der Waals surface area contributed by atoms with Crippen LogP contribution in [-0.4, -0.2) is 53.0 Å². The van der Waals surface area contributed by atoms with E-state index in [0.717, 1.165) is 18.6 Å². The molecule has 1 aliphatic carbocycles. The van der Waals surface area contributed by atoms with Crippen LogP contribution in [0.4, 0.5) is 0 Å². The Morgan fingerprint density at radius 2 is 1.96 bits per heavy atom. The highest BCUT2D eigenvalue weighted by Crippen LogP contribution is 2.59. The molecule has 0 aromatic heterocycles. The van der Waals surface area contributed by atoms with Gasteiger partial charge < -0.3 is 20.1 Å². The van der Waals surface area contributed by atoms with E-state index in [4.69, 9.17) is 4.74 Å². The van der Waals surface area contributed by atoms with Crippen LogP contribution in [0.3, 0.4) is 0 Å². The van der Waals surface area contributed by atoms with E-state index in [1.165, 1.54) is 4.90 Å². The van der Waals surface area contributed by atoms with Gasteiger partial charge in [-0.3, -0.25) is 9.59 Å². The second kappa shape index (κ2) is 7.98. The highest BCUT2D eigenvalue weighted by atomic mass is 16.5. The fourth-order valence-electron chi connectivity index (χ4n) is 3.80. The number of carbonyl (C=O) groups is 3. The van der Waals surface area contributed by atoms with Gasteiger partial charge in [-0.05, 0) is 43.2 Å². The summed E-state index contributed by atoms with van der Waals surface area (Å²) in [5, 5.41) is 11.9. The Kier molecular flexibility index (Phi) is 5.68. The molecule has 2 N–H and O–H groups in total. The third-order valence-electron chi connectivity index (χ3n) is 5.46. The number of hydrogen-bond acceptors (Lipinski definition) is 4. The summed E-state index contributed by atoms with van der Waals surface area (Å²) in [6.07, 6.45) is 3.06. The molecule has 1 aromatic rings. The number of unbranched alkanes of at least 4 members (excludes halogenated alkanes) is 1. The van der Waals surface area contributed by atoms with Crippen LogP contribution in [0, 0.1) is 5.41 Å². The van der Waals surface area contributed by atoms with Crippen molar-refractivity contribution in [3.8, 4) is 5.75 Å². The van der Waals surface area contributed by atoms with Crippen molar-refractivity contribution in [1.82, 2.24) is 10.2 Å². The van der Waals surface area contributed by atoms with Crippen LogP contribution in [0.5, 0.6) is 5.75 Å². The molecule has 1 saturated carbocycles. The first-order chi connectivity index (χ1) is 12.9. The summed E-state index contributed by atoms with van der Waals surface area (Å²) in [4.78, 5) is 37.2. The maximum absolute atomic E-state index is 12.4. The van der Waals surface area contributed by atoms with Gasteiger partial charge >= 0.3 is 5.97 Å². The molecular formula is C20H26N2O5. The van der Waals surface area contributed by atoms with Gasteiger partial charge in [0.1, 0.15) is 11.8 Å². The first-order valence-corrected chi connectivity index (χ1v) is 9.39. The number of fused-ring (bicyclic) bond motifs is 1. The molecular weight excluding hydrogens is 348 g/mol. The molecule has 27 heavy (non-hydrogen) atoms. The molecule has 0 bridgehead atoms. The summed E-state index contributed by atoms with van der Waals surface area (Å²) >= 11 is 0. The number of benzene rings is 1. The summed E-state index contributed by atoms with van der Waals surface area (Å²) in [6, 6.07) is 8.71. The van der Waals surface area contributed by atoms with Crippen LogP contribution >= 0.6 is 0 Å². The SMILES string of the molecule is C[C@@]12C[C@@H]1N(C(=O)CNC(=O)CCCCOc1ccccc1)[C@H](C(=O)O)C2. The number of aliphatic carboxylic acids is 1. The van der Waals surface area contributed by atoms with Gasteiger partial charge in [-0.2, -0.15) is 0 Å². The molecule has 2 aliphatic rings. The predicted octanol–water partition coefficient (Wildman–Crippen LogP) is 1.82. The summed E-state index contributed by atoms with van der Waals surface area (Å²) in [5.41, 5.74) is -0.0680. The van der Waals surface area contributed by atoms with Crippen LogP contribution in [-0.2, 0) is 14.4 Å². The Morgan fingerprint density at radius 1 is 1.22 bits per heavy atom. The Hall–Kier alpha value is -2.57. The van der Waals surface area contributed by atoms with Gasteiger partial charge in [-0.15, -0.1) is 0 Å². The maximum atomic E-state index is 12.4. The fourth-order valence-corrected chi connectivity index (χ4v) is 3.80. The van der Waals surface area contributed by atoms with Crippen molar-refractivity contribution < 1.29 is 24.2 Å². The Labute approximate surface area is 158 Å². The lowest BCUT2D eigenvalue weighted by molar-refractivity contribution is -0.149. The van der Waals surface area contributed by atoms with Crippen LogP contribution in [0.25, 0.3) is 0 Å². The molecule has 146 valence electrons. The molecule has 2 fully saturated rings. The minimum absolute atomic E-state index is 0.00172. The van der Waals surface area contributed by atoms with Crippen molar-refractivity contribution in [2.24, 2.45) is 5.41 Å². The van der Waals surface area contributed by atoms with E-state index in [2.05, 4.69) is 5.32 Å². The number of para-hydroxylation sites is 1. The van der Waals surface area contributed by atoms with Crippen molar-refractivity contribution in [2.75, 3.05) is 13.2 Å². The van der Waals surface area contributed by atoms with E-state index >= 15 is 0 Å². The highest BCUT2D eigenvalue weighted by molar-refractivity contribution is 5.89. The van der Waals surface area contributed by atoms with E-state index in [-0.39, 0.29) is 29.8 Å². The largest absolute Gasteiger partial charge is 0.494 e. The number of piperidine rings is 1. The number of carboxylic acids is 1. The molecule has 7 heteroatoms. The van der Waals surface area contributed by atoms with E-state index < -0.39 is 12.0 Å². The number of nitrogens with one attached hydrogen (secondary N) is 1. The van der Waals surface area contributed by atoms with E-state index in [1.807, 2.05) is 37.3 Å². The molecule has 0 spiro atoms. The second-order valence-corrected chi connectivity index (χ2v) is 7.63. The molecule has 2 amide bonds. The number of likely N-dealkylation sites (tertiary alicyclic amines) is 1. The zero-order valence-electron chi connectivity index (χ0n) is 15.5. The van der Waals surface area contributed by atoms with E-state index in [0.29, 0.717) is 25.9 Å². The molecule has 1 aliphatic heterocycles. The van der Waals surface area contributed by atoms with Gasteiger partial charge in [0.25, 0.3) is 0 Å². The number of carboxylic acid groups (broad SMARTS) is 1. The smallest absolute Gasteiger partial charge is 0.326 e. The second-order valence-electron chi connectivity index (χ2n) is 7.63. The van der Waals surface area contributed by atoms with Gasteiger partial charge in [0.15, 0.2) is 0 Å². The average molecular weight is 374 g/mol. The maximum Gasteiger partial charge on any atom is 0.326 e. The van der Waals surface area contributed by atoms with E-state index in [9.17, 15) is 19.5 Å². The van der Waals surface area contributed by atoms with Gasteiger partial charge in [0.05, 0.1) is 13.2 Å². The lowest BCUT2D eigenvalue weighted by atomic mass is 10.0. The number of amides is 2.